The Morgan fingerprint density at radius 3 is 2.30 bits per heavy atom. The lowest BCUT2D eigenvalue weighted by atomic mass is 10.00. The van der Waals surface area contributed by atoms with Crippen molar-refractivity contribution in [3.05, 3.63) is 53.1 Å². The molecule has 0 amide bonds. The minimum Gasteiger partial charge on any atom is -0.496 e. The minimum absolute atomic E-state index is 0.799. The molecule has 0 bridgehead atoms. The van der Waals surface area contributed by atoms with E-state index in [-0.39, 0.29) is 0 Å². The lowest BCUT2D eigenvalue weighted by Crippen LogP contribution is -1.97. The van der Waals surface area contributed by atoms with Crippen LogP contribution in [0.5, 0.6) is 11.5 Å². The molecule has 0 unspecified atom stereocenters. The maximum Gasteiger partial charge on any atom is 0.128 e. The van der Waals surface area contributed by atoms with E-state index < -0.39 is 0 Å². The van der Waals surface area contributed by atoms with Crippen LogP contribution in [0.3, 0.4) is 0 Å². The molecule has 118 valence electrons. The van der Waals surface area contributed by atoms with E-state index in [1.54, 1.807) is 20.4 Å². The first-order chi connectivity index (χ1) is 11.2. The van der Waals surface area contributed by atoms with Gasteiger partial charge in [-0.25, -0.2) is 0 Å². The van der Waals surface area contributed by atoms with E-state index in [1.807, 2.05) is 48.1 Å². The van der Waals surface area contributed by atoms with Crippen molar-refractivity contribution in [2.45, 2.75) is 0 Å². The second-order valence-electron chi connectivity index (χ2n) is 5.08. The van der Waals surface area contributed by atoms with E-state index in [0.29, 0.717) is 0 Å². The summed E-state index contributed by atoms with van der Waals surface area (Å²) in [5, 5.41) is 4.29. The molecular formula is C18H17BrN2O2. The first kappa shape index (κ1) is 15.6. The topological polar surface area (TPSA) is 36.3 Å². The third kappa shape index (κ3) is 2.84. The molecule has 0 atom stereocenters. The number of rotatable bonds is 4. The Labute approximate surface area is 143 Å². The molecule has 2 aromatic carbocycles. The van der Waals surface area contributed by atoms with Crippen LogP contribution < -0.4 is 9.47 Å². The molecule has 3 rings (SSSR count). The molecular weight excluding hydrogens is 356 g/mol. The maximum absolute atomic E-state index is 5.53. The highest BCUT2D eigenvalue weighted by Crippen LogP contribution is 2.39. The second-order valence-corrected chi connectivity index (χ2v) is 5.93. The highest BCUT2D eigenvalue weighted by molar-refractivity contribution is 9.10. The Morgan fingerprint density at radius 1 is 0.957 bits per heavy atom. The maximum atomic E-state index is 5.53. The lowest BCUT2D eigenvalue weighted by Gasteiger charge is -2.13. The summed E-state index contributed by atoms with van der Waals surface area (Å²) in [5.74, 6) is 1.64. The number of aromatic nitrogens is 2. The molecule has 23 heavy (non-hydrogen) atoms. The van der Waals surface area contributed by atoms with E-state index in [4.69, 9.17) is 9.47 Å². The van der Waals surface area contributed by atoms with Crippen LogP contribution >= 0.6 is 15.9 Å². The van der Waals surface area contributed by atoms with Crippen molar-refractivity contribution in [1.29, 1.82) is 0 Å². The van der Waals surface area contributed by atoms with Gasteiger partial charge in [0.25, 0.3) is 0 Å². The molecule has 0 aliphatic carbocycles. The van der Waals surface area contributed by atoms with Crippen LogP contribution in [0.1, 0.15) is 0 Å². The Morgan fingerprint density at radius 2 is 1.65 bits per heavy atom. The Bertz CT molecular complexity index is 823. The van der Waals surface area contributed by atoms with Gasteiger partial charge in [0.05, 0.1) is 30.6 Å². The van der Waals surface area contributed by atoms with Gasteiger partial charge in [-0.2, -0.15) is 5.10 Å². The number of methoxy groups -OCH3 is 2. The number of para-hydroxylation sites is 1. The minimum atomic E-state index is 0.799. The number of hydrogen-bond acceptors (Lipinski definition) is 3. The van der Waals surface area contributed by atoms with E-state index in [1.165, 1.54) is 0 Å². The van der Waals surface area contributed by atoms with Gasteiger partial charge in [-0.3, -0.25) is 4.68 Å². The summed E-state index contributed by atoms with van der Waals surface area (Å²) in [5.41, 5.74) is 4.05. The summed E-state index contributed by atoms with van der Waals surface area (Å²) in [4.78, 5) is 0. The third-order valence-corrected chi connectivity index (χ3v) is 4.35. The molecule has 0 spiro atoms. The Kier molecular flexibility index (Phi) is 4.39. The number of aryl methyl sites for hydroxylation is 1. The van der Waals surface area contributed by atoms with Gasteiger partial charge in [0.2, 0.25) is 0 Å². The predicted octanol–water partition coefficient (Wildman–Crippen LogP) is 4.53. The van der Waals surface area contributed by atoms with Gasteiger partial charge in [0.1, 0.15) is 11.5 Å². The molecule has 1 heterocycles. The molecule has 4 nitrogen and oxygen atoms in total. The molecule has 0 radical (unpaired) electrons. The number of halogens is 1. The number of benzene rings is 2. The van der Waals surface area contributed by atoms with Gasteiger partial charge in [-0.05, 0) is 39.7 Å². The van der Waals surface area contributed by atoms with Crippen molar-refractivity contribution >= 4 is 15.9 Å². The van der Waals surface area contributed by atoms with E-state index >= 15 is 0 Å². The summed E-state index contributed by atoms with van der Waals surface area (Å²) < 4.78 is 13.8. The zero-order valence-electron chi connectivity index (χ0n) is 13.2. The quantitative estimate of drug-likeness (QED) is 0.674. The predicted molar refractivity (Wildman–Crippen MR) is 94.9 cm³/mol. The van der Waals surface area contributed by atoms with E-state index in [9.17, 15) is 0 Å². The highest BCUT2D eigenvalue weighted by Gasteiger charge is 2.16. The molecule has 0 saturated heterocycles. The summed E-state index contributed by atoms with van der Waals surface area (Å²) in [6.07, 6.45) is 1.78. The van der Waals surface area contributed by atoms with Gasteiger partial charge < -0.3 is 9.47 Å². The highest BCUT2D eigenvalue weighted by atomic mass is 79.9. The average Bonchev–Trinajstić information content (AvgIpc) is 2.92. The molecule has 0 aliphatic rings. The summed E-state index contributed by atoms with van der Waals surface area (Å²) >= 11 is 3.56. The molecule has 0 aliphatic heterocycles. The van der Waals surface area contributed by atoms with Crippen LogP contribution in [0.25, 0.3) is 22.4 Å². The van der Waals surface area contributed by atoms with Crippen molar-refractivity contribution in [2.24, 2.45) is 7.05 Å². The van der Waals surface area contributed by atoms with E-state index in [0.717, 1.165) is 38.4 Å². The van der Waals surface area contributed by atoms with Crippen molar-refractivity contribution in [2.75, 3.05) is 14.2 Å². The smallest absolute Gasteiger partial charge is 0.128 e. The lowest BCUT2D eigenvalue weighted by molar-refractivity contribution is 0.415. The first-order valence-electron chi connectivity index (χ1n) is 7.15. The fraction of sp³-hybridized carbons (Fsp3) is 0.167. The summed E-state index contributed by atoms with van der Waals surface area (Å²) in [6.45, 7) is 0. The monoisotopic (exact) mass is 372 g/mol. The van der Waals surface area contributed by atoms with Crippen molar-refractivity contribution < 1.29 is 9.47 Å². The second kappa shape index (κ2) is 6.46. The SMILES string of the molecule is COc1ccccc1-c1ccc(OC)c(-c2c(Br)cnn2C)c1. The van der Waals surface area contributed by atoms with Crippen molar-refractivity contribution in [3.8, 4) is 33.9 Å². The van der Waals surface area contributed by atoms with Gasteiger partial charge in [0.15, 0.2) is 0 Å². The Hall–Kier alpha value is -2.27. The molecule has 5 heteroatoms. The third-order valence-electron chi connectivity index (χ3n) is 3.77. The van der Waals surface area contributed by atoms with Gasteiger partial charge in [-0.15, -0.1) is 0 Å². The molecule has 0 fully saturated rings. The summed E-state index contributed by atoms with van der Waals surface area (Å²) in [7, 11) is 5.27. The standard InChI is InChI=1S/C18H17BrN2O2/c1-21-18(15(19)11-20-21)14-10-12(8-9-17(14)23-3)13-6-4-5-7-16(13)22-2/h4-11H,1-3H3. The number of ether oxygens (including phenoxy) is 2. The van der Waals surface area contributed by atoms with Crippen LogP contribution in [0.15, 0.2) is 53.1 Å². The van der Waals surface area contributed by atoms with Crippen molar-refractivity contribution in [1.82, 2.24) is 9.78 Å². The van der Waals surface area contributed by atoms with E-state index in [2.05, 4.69) is 27.1 Å². The van der Waals surface area contributed by atoms with Crippen LogP contribution in [-0.2, 0) is 7.05 Å². The van der Waals surface area contributed by atoms with Gasteiger partial charge in [-0.1, -0.05) is 24.3 Å². The van der Waals surface area contributed by atoms with Crippen molar-refractivity contribution in [3.63, 3.8) is 0 Å². The molecule has 0 N–H and O–H groups in total. The van der Waals surface area contributed by atoms with Crippen LogP contribution in [0.4, 0.5) is 0 Å². The van der Waals surface area contributed by atoms with Crippen LogP contribution in [0.2, 0.25) is 0 Å². The van der Waals surface area contributed by atoms with Gasteiger partial charge in [0, 0.05) is 18.2 Å². The molecule has 1 aromatic heterocycles. The summed E-state index contributed by atoms with van der Waals surface area (Å²) in [6, 6.07) is 14.1. The zero-order chi connectivity index (χ0) is 16.4. The average molecular weight is 373 g/mol. The zero-order valence-corrected chi connectivity index (χ0v) is 14.8. The number of hydrogen-bond donors (Lipinski definition) is 0. The Balaban J connectivity index is 2.21. The van der Waals surface area contributed by atoms with Gasteiger partial charge >= 0.3 is 0 Å². The first-order valence-corrected chi connectivity index (χ1v) is 7.94. The fourth-order valence-corrected chi connectivity index (χ4v) is 3.22. The normalized spacial score (nSPS) is 10.6. The van der Waals surface area contributed by atoms with Crippen LogP contribution in [-0.4, -0.2) is 24.0 Å². The molecule has 0 saturated carbocycles. The van der Waals surface area contributed by atoms with Crippen LogP contribution in [0, 0.1) is 0 Å². The number of nitrogens with zero attached hydrogens (tertiary/aromatic N) is 2. The molecule has 3 aromatic rings. The largest absolute Gasteiger partial charge is 0.496 e. The fourth-order valence-electron chi connectivity index (χ4n) is 2.66.